The van der Waals surface area contributed by atoms with Gasteiger partial charge in [-0.3, -0.25) is 4.72 Å². The molecule has 31 heavy (non-hydrogen) atoms. The summed E-state index contributed by atoms with van der Waals surface area (Å²) in [5.74, 6) is 0.0946. The molecule has 1 aromatic rings. The molecule has 0 radical (unpaired) electrons. The van der Waals surface area contributed by atoms with Gasteiger partial charge in [0.1, 0.15) is 0 Å². The average Bonchev–Trinajstić information content (AvgIpc) is 2.76. The molecule has 0 aromatic heterocycles. The fourth-order valence-corrected chi connectivity index (χ4v) is 6.66. The quantitative estimate of drug-likeness (QED) is 0.341. The third-order valence-electron chi connectivity index (χ3n) is 5.85. The summed E-state index contributed by atoms with van der Waals surface area (Å²) in [5.41, 5.74) is 0.407. The van der Waals surface area contributed by atoms with Crippen LogP contribution in [0.3, 0.4) is 0 Å². The Labute approximate surface area is 189 Å². The molecule has 0 atom stereocenters. The molecule has 1 N–H and O–H groups in total. The molecule has 1 aliphatic rings. The lowest BCUT2D eigenvalue weighted by molar-refractivity contribution is 0.346. The van der Waals surface area contributed by atoms with Crippen LogP contribution in [-0.4, -0.2) is 40.0 Å². The first-order valence-electron chi connectivity index (χ1n) is 12.0. The molecule has 0 aliphatic carbocycles. The fraction of sp³-hybridized carbons (Fsp3) is 0.739. The predicted molar refractivity (Wildman–Crippen MR) is 128 cm³/mol. The third kappa shape index (κ3) is 9.49. The molecule has 6 nitrogen and oxygen atoms in total. The van der Waals surface area contributed by atoms with Gasteiger partial charge < -0.3 is 0 Å². The summed E-state index contributed by atoms with van der Waals surface area (Å²) in [4.78, 5) is 0.215. The van der Waals surface area contributed by atoms with Gasteiger partial charge in [-0.2, -0.15) is 4.31 Å². The normalized spacial score (nSPS) is 15.8. The van der Waals surface area contributed by atoms with Crippen molar-refractivity contribution in [3.63, 3.8) is 0 Å². The molecule has 0 saturated carbocycles. The minimum atomic E-state index is -3.50. The van der Waals surface area contributed by atoms with Gasteiger partial charge in [-0.05, 0) is 43.5 Å². The van der Waals surface area contributed by atoms with E-state index in [4.69, 9.17) is 0 Å². The van der Waals surface area contributed by atoms with Crippen molar-refractivity contribution in [1.82, 2.24) is 4.31 Å². The molecule has 8 heteroatoms. The van der Waals surface area contributed by atoms with Crippen molar-refractivity contribution in [2.45, 2.75) is 95.3 Å². The first-order chi connectivity index (χ1) is 14.8. The lowest BCUT2D eigenvalue weighted by atomic mass is 10.1. The van der Waals surface area contributed by atoms with E-state index in [0.717, 1.165) is 32.1 Å². The van der Waals surface area contributed by atoms with E-state index in [1.54, 1.807) is 0 Å². The topological polar surface area (TPSA) is 83.5 Å². The number of unbranched alkanes of at least 4 members (excludes halogenated alkanes) is 9. The summed E-state index contributed by atoms with van der Waals surface area (Å²) in [6.07, 6.45) is 14.4. The number of nitrogens with one attached hydrogen (secondary N) is 1. The van der Waals surface area contributed by atoms with E-state index >= 15 is 0 Å². The highest BCUT2D eigenvalue weighted by atomic mass is 32.2. The smallest absolute Gasteiger partial charge is 0.243 e. The second-order valence-electron chi connectivity index (χ2n) is 8.59. The summed E-state index contributed by atoms with van der Waals surface area (Å²) in [7, 11) is -6.92. The van der Waals surface area contributed by atoms with Crippen LogP contribution in [0.5, 0.6) is 0 Å². The van der Waals surface area contributed by atoms with E-state index in [1.165, 1.54) is 73.5 Å². The maximum Gasteiger partial charge on any atom is 0.243 e. The van der Waals surface area contributed by atoms with Crippen LogP contribution in [0.4, 0.5) is 5.69 Å². The molecule has 1 saturated heterocycles. The fourth-order valence-electron chi connectivity index (χ4n) is 3.96. The largest absolute Gasteiger partial charge is 0.284 e. The monoisotopic (exact) mass is 472 g/mol. The van der Waals surface area contributed by atoms with E-state index in [1.807, 2.05) is 0 Å². The Morgan fingerprint density at radius 2 is 1.26 bits per heavy atom. The van der Waals surface area contributed by atoms with Gasteiger partial charge in [0.05, 0.1) is 10.6 Å². The van der Waals surface area contributed by atoms with Gasteiger partial charge >= 0.3 is 0 Å². The minimum Gasteiger partial charge on any atom is -0.284 e. The summed E-state index contributed by atoms with van der Waals surface area (Å²) in [6, 6.07) is 6.05. The molecule has 1 heterocycles. The van der Waals surface area contributed by atoms with Gasteiger partial charge in [0.25, 0.3) is 0 Å². The Morgan fingerprint density at radius 1 is 0.742 bits per heavy atom. The van der Waals surface area contributed by atoms with Crippen molar-refractivity contribution in [2.75, 3.05) is 23.6 Å². The maximum absolute atomic E-state index is 12.7. The summed E-state index contributed by atoms with van der Waals surface area (Å²) >= 11 is 0. The maximum atomic E-state index is 12.7. The highest BCUT2D eigenvalue weighted by molar-refractivity contribution is 7.92. The molecule has 1 fully saturated rings. The van der Waals surface area contributed by atoms with Crippen molar-refractivity contribution < 1.29 is 16.8 Å². The number of nitrogens with zero attached hydrogens (tertiary/aromatic N) is 1. The minimum absolute atomic E-state index is 0.0946. The molecular weight excluding hydrogens is 432 g/mol. The summed E-state index contributed by atoms with van der Waals surface area (Å²) in [6.45, 7) is 3.32. The Balaban J connectivity index is 1.70. The van der Waals surface area contributed by atoms with Crippen molar-refractivity contribution in [2.24, 2.45) is 0 Å². The lowest BCUT2D eigenvalue weighted by Crippen LogP contribution is -2.35. The van der Waals surface area contributed by atoms with E-state index in [2.05, 4.69) is 11.6 Å². The van der Waals surface area contributed by atoms with Crippen LogP contribution in [-0.2, 0) is 20.0 Å². The SMILES string of the molecule is CCCCCCCCCCCCS(=O)(=O)Nc1ccc(S(=O)(=O)N2CCCCC2)cc1. The van der Waals surface area contributed by atoms with Crippen molar-refractivity contribution in [3.05, 3.63) is 24.3 Å². The highest BCUT2D eigenvalue weighted by Crippen LogP contribution is 2.22. The van der Waals surface area contributed by atoms with Crippen LogP contribution < -0.4 is 4.72 Å². The Hall–Kier alpha value is -1.12. The van der Waals surface area contributed by atoms with Crippen molar-refractivity contribution in [3.8, 4) is 0 Å². The van der Waals surface area contributed by atoms with Crippen molar-refractivity contribution >= 4 is 25.7 Å². The Morgan fingerprint density at radius 3 is 1.81 bits per heavy atom. The van der Waals surface area contributed by atoms with Crippen molar-refractivity contribution in [1.29, 1.82) is 0 Å². The number of hydrogen-bond donors (Lipinski definition) is 1. The number of piperidine rings is 1. The Bertz CT molecular complexity index is 831. The van der Waals surface area contributed by atoms with Gasteiger partial charge in [0, 0.05) is 18.8 Å². The first-order valence-corrected chi connectivity index (χ1v) is 15.0. The van der Waals surface area contributed by atoms with Gasteiger partial charge in [0.2, 0.25) is 20.0 Å². The standard InChI is InChI=1S/C23H40N2O4S2/c1-2-3-4-5-6-7-8-9-10-14-21-30(26,27)24-22-15-17-23(18-16-22)31(28,29)25-19-12-11-13-20-25/h15-18,24H,2-14,19-21H2,1H3. The zero-order chi connectivity index (χ0) is 22.6. The van der Waals surface area contributed by atoms with Gasteiger partial charge in [-0.1, -0.05) is 71.1 Å². The van der Waals surface area contributed by atoms with E-state index in [9.17, 15) is 16.8 Å². The van der Waals surface area contributed by atoms with Gasteiger partial charge in [0.15, 0.2) is 0 Å². The number of anilines is 1. The van der Waals surface area contributed by atoms with Crippen LogP contribution in [0.15, 0.2) is 29.2 Å². The van der Waals surface area contributed by atoms with Gasteiger partial charge in [-0.15, -0.1) is 0 Å². The highest BCUT2D eigenvalue weighted by Gasteiger charge is 2.25. The molecule has 2 rings (SSSR count). The molecule has 0 bridgehead atoms. The molecule has 0 spiro atoms. The van der Waals surface area contributed by atoms with E-state index < -0.39 is 20.0 Å². The molecule has 0 unspecified atom stereocenters. The second-order valence-corrected chi connectivity index (χ2v) is 12.4. The zero-order valence-corrected chi connectivity index (χ0v) is 20.7. The van der Waals surface area contributed by atoms with Crippen LogP contribution in [0.1, 0.15) is 90.4 Å². The summed E-state index contributed by atoms with van der Waals surface area (Å²) in [5, 5.41) is 0. The van der Waals surface area contributed by atoms with Crippen LogP contribution >= 0.6 is 0 Å². The summed E-state index contributed by atoms with van der Waals surface area (Å²) < 4.78 is 54.1. The molecule has 1 aromatic carbocycles. The van der Waals surface area contributed by atoms with E-state index in [-0.39, 0.29) is 10.6 Å². The second kappa shape index (κ2) is 13.4. The zero-order valence-electron chi connectivity index (χ0n) is 19.0. The molecular formula is C23H40N2O4S2. The average molecular weight is 473 g/mol. The number of sulfonamides is 2. The van der Waals surface area contributed by atoms with Gasteiger partial charge in [-0.25, -0.2) is 16.8 Å². The first kappa shape index (κ1) is 26.1. The molecule has 178 valence electrons. The van der Waals surface area contributed by atoms with E-state index in [0.29, 0.717) is 25.2 Å². The van der Waals surface area contributed by atoms with Crippen LogP contribution in [0, 0.1) is 0 Å². The number of hydrogen-bond acceptors (Lipinski definition) is 4. The lowest BCUT2D eigenvalue weighted by Gasteiger charge is -2.25. The predicted octanol–water partition coefficient (Wildman–Crippen LogP) is 5.52. The van der Waals surface area contributed by atoms with Crippen LogP contribution in [0.2, 0.25) is 0 Å². The molecule has 1 aliphatic heterocycles. The van der Waals surface area contributed by atoms with Crippen LogP contribution in [0.25, 0.3) is 0 Å². The Kier molecular flexibility index (Phi) is 11.3. The number of rotatable bonds is 15. The third-order valence-corrected chi connectivity index (χ3v) is 9.13. The number of benzene rings is 1. The molecule has 0 amide bonds.